The molecule has 3 aromatic carbocycles. The summed E-state index contributed by atoms with van der Waals surface area (Å²) >= 11 is 0. The fourth-order valence-corrected chi connectivity index (χ4v) is 4.38. The van der Waals surface area contributed by atoms with E-state index in [1.165, 1.54) is 17.7 Å². The van der Waals surface area contributed by atoms with Gasteiger partial charge in [-0.25, -0.2) is 0 Å². The van der Waals surface area contributed by atoms with Crippen LogP contribution in [-0.2, 0) is 6.54 Å². The Morgan fingerprint density at radius 2 is 1.53 bits per heavy atom. The van der Waals surface area contributed by atoms with Gasteiger partial charge in [-0.2, -0.15) is 0 Å². The van der Waals surface area contributed by atoms with Crippen molar-refractivity contribution >= 4 is 11.0 Å². The number of hydrogen-bond acceptors (Lipinski definition) is 6. The predicted molar refractivity (Wildman–Crippen MR) is 133 cm³/mol. The molecule has 1 saturated heterocycles. The minimum Gasteiger partial charge on any atom is -0.507 e. The van der Waals surface area contributed by atoms with Gasteiger partial charge in [0.25, 0.3) is 0 Å². The van der Waals surface area contributed by atoms with Gasteiger partial charge in [-0.1, -0.05) is 60.7 Å². The number of fused-ring (bicyclic) bond motifs is 1. The highest BCUT2D eigenvalue weighted by Gasteiger charge is 2.17. The molecule has 1 fully saturated rings. The SMILES string of the molecule is O=c1cc(-c2ccccc2)oc2cc(OCCN3CCN(Cc4ccccc4)CC3)cc(O)c12. The van der Waals surface area contributed by atoms with Crippen molar-refractivity contribution in [3.05, 3.63) is 94.6 Å². The molecular formula is C28H28N2O4. The molecule has 174 valence electrons. The molecule has 6 heteroatoms. The van der Waals surface area contributed by atoms with E-state index >= 15 is 0 Å². The van der Waals surface area contributed by atoms with Crippen LogP contribution in [0.2, 0.25) is 0 Å². The van der Waals surface area contributed by atoms with Crippen molar-refractivity contribution in [1.29, 1.82) is 0 Å². The number of piperazine rings is 1. The van der Waals surface area contributed by atoms with Crippen molar-refractivity contribution in [2.24, 2.45) is 0 Å². The van der Waals surface area contributed by atoms with Crippen LogP contribution < -0.4 is 10.2 Å². The lowest BCUT2D eigenvalue weighted by Gasteiger charge is -2.34. The van der Waals surface area contributed by atoms with Crippen LogP contribution in [0, 0.1) is 0 Å². The van der Waals surface area contributed by atoms with Crippen molar-refractivity contribution in [3.63, 3.8) is 0 Å². The molecule has 0 radical (unpaired) electrons. The van der Waals surface area contributed by atoms with Crippen LogP contribution in [0.4, 0.5) is 0 Å². The third-order valence-electron chi connectivity index (χ3n) is 6.23. The molecule has 34 heavy (non-hydrogen) atoms. The van der Waals surface area contributed by atoms with Crippen molar-refractivity contribution in [2.75, 3.05) is 39.3 Å². The summed E-state index contributed by atoms with van der Waals surface area (Å²) in [5, 5.41) is 10.6. The Morgan fingerprint density at radius 1 is 0.853 bits per heavy atom. The lowest BCUT2D eigenvalue weighted by molar-refractivity contribution is 0.112. The summed E-state index contributed by atoms with van der Waals surface area (Å²) in [6.07, 6.45) is 0. The van der Waals surface area contributed by atoms with Gasteiger partial charge in [-0.3, -0.25) is 14.6 Å². The number of nitrogens with zero attached hydrogens (tertiary/aromatic N) is 2. The lowest BCUT2D eigenvalue weighted by Crippen LogP contribution is -2.47. The van der Waals surface area contributed by atoms with Gasteiger partial charge in [0.1, 0.15) is 34.8 Å². The molecule has 0 spiro atoms. The number of aromatic hydroxyl groups is 1. The molecule has 0 unspecified atom stereocenters. The fourth-order valence-electron chi connectivity index (χ4n) is 4.38. The normalized spacial score (nSPS) is 14.9. The van der Waals surface area contributed by atoms with Gasteiger partial charge in [-0.15, -0.1) is 0 Å². The van der Waals surface area contributed by atoms with Crippen LogP contribution in [0.1, 0.15) is 5.56 Å². The molecule has 1 aliphatic rings. The number of rotatable bonds is 7. The molecule has 0 bridgehead atoms. The monoisotopic (exact) mass is 456 g/mol. The molecule has 0 aliphatic carbocycles. The Kier molecular flexibility index (Phi) is 6.60. The molecule has 4 aromatic rings. The molecule has 0 saturated carbocycles. The Hall–Kier alpha value is -3.61. The highest BCUT2D eigenvalue weighted by molar-refractivity contribution is 5.86. The second kappa shape index (κ2) is 10.1. The van der Waals surface area contributed by atoms with Crippen LogP contribution >= 0.6 is 0 Å². The van der Waals surface area contributed by atoms with E-state index in [0.717, 1.165) is 44.8 Å². The molecule has 1 aromatic heterocycles. The predicted octanol–water partition coefficient (Wildman–Crippen LogP) is 4.36. The van der Waals surface area contributed by atoms with Crippen LogP contribution in [-0.4, -0.2) is 54.2 Å². The third-order valence-corrected chi connectivity index (χ3v) is 6.23. The molecule has 1 N–H and O–H groups in total. The second-order valence-corrected chi connectivity index (χ2v) is 8.61. The van der Waals surface area contributed by atoms with Crippen LogP contribution in [0.25, 0.3) is 22.3 Å². The van der Waals surface area contributed by atoms with E-state index in [9.17, 15) is 9.90 Å². The largest absolute Gasteiger partial charge is 0.507 e. The molecule has 6 nitrogen and oxygen atoms in total. The molecule has 0 amide bonds. The van der Waals surface area contributed by atoms with Gasteiger partial charge in [0.15, 0.2) is 5.43 Å². The average molecular weight is 457 g/mol. The zero-order valence-corrected chi connectivity index (χ0v) is 19.0. The first kappa shape index (κ1) is 22.2. The molecule has 1 aliphatic heterocycles. The number of hydrogen-bond donors (Lipinski definition) is 1. The zero-order valence-electron chi connectivity index (χ0n) is 19.0. The van der Waals surface area contributed by atoms with E-state index in [1.54, 1.807) is 6.07 Å². The number of phenolic OH excluding ortho intramolecular Hbond substituents is 1. The van der Waals surface area contributed by atoms with E-state index in [2.05, 4.69) is 34.1 Å². The molecular weight excluding hydrogens is 428 g/mol. The van der Waals surface area contributed by atoms with Crippen LogP contribution in [0.5, 0.6) is 11.5 Å². The van der Waals surface area contributed by atoms with Crippen molar-refractivity contribution in [1.82, 2.24) is 9.80 Å². The Morgan fingerprint density at radius 3 is 2.26 bits per heavy atom. The summed E-state index contributed by atoms with van der Waals surface area (Å²) in [6, 6.07) is 24.6. The fraction of sp³-hybridized carbons (Fsp3) is 0.250. The average Bonchev–Trinajstić information content (AvgIpc) is 2.86. The number of ether oxygens (including phenoxy) is 1. The van der Waals surface area contributed by atoms with Gasteiger partial charge in [0.05, 0.1) is 0 Å². The minimum absolute atomic E-state index is 0.129. The molecule has 5 rings (SSSR count). The maximum Gasteiger partial charge on any atom is 0.197 e. The van der Waals surface area contributed by atoms with Crippen LogP contribution in [0.3, 0.4) is 0 Å². The first-order valence-electron chi connectivity index (χ1n) is 11.6. The van der Waals surface area contributed by atoms with Gasteiger partial charge in [0, 0.05) is 63.0 Å². The van der Waals surface area contributed by atoms with E-state index in [1.807, 2.05) is 36.4 Å². The minimum atomic E-state index is -0.280. The highest BCUT2D eigenvalue weighted by Crippen LogP contribution is 2.31. The van der Waals surface area contributed by atoms with E-state index < -0.39 is 0 Å². The van der Waals surface area contributed by atoms with Gasteiger partial charge < -0.3 is 14.3 Å². The maximum absolute atomic E-state index is 12.6. The summed E-state index contributed by atoms with van der Waals surface area (Å²) in [5.74, 6) is 0.819. The highest BCUT2D eigenvalue weighted by atomic mass is 16.5. The Bertz CT molecular complexity index is 1300. The first-order chi connectivity index (χ1) is 16.7. The Balaban J connectivity index is 1.20. The maximum atomic E-state index is 12.6. The van der Waals surface area contributed by atoms with E-state index in [4.69, 9.17) is 9.15 Å². The second-order valence-electron chi connectivity index (χ2n) is 8.61. The van der Waals surface area contributed by atoms with Crippen molar-refractivity contribution < 1.29 is 14.3 Å². The summed E-state index contributed by atoms with van der Waals surface area (Å²) in [5.41, 5.74) is 2.18. The summed E-state index contributed by atoms with van der Waals surface area (Å²) in [7, 11) is 0. The lowest BCUT2D eigenvalue weighted by atomic mass is 10.1. The smallest absolute Gasteiger partial charge is 0.197 e. The van der Waals surface area contributed by atoms with E-state index in [-0.39, 0.29) is 16.6 Å². The van der Waals surface area contributed by atoms with Crippen molar-refractivity contribution in [3.8, 4) is 22.8 Å². The first-order valence-corrected chi connectivity index (χ1v) is 11.6. The van der Waals surface area contributed by atoms with Gasteiger partial charge in [0.2, 0.25) is 0 Å². The van der Waals surface area contributed by atoms with Gasteiger partial charge in [-0.05, 0) is 5.56 Å². The number of phenols is 1. The molecule has 2 heterocycles. The zero-order chi connectivity index (χ0) is 23.3. The number of benzene rings is 3. The van der Waals surface area contributed by atoms with Crippen LogP contribution in [0.15, 0.2) is 88.1 Å². The quantitative estimate of drug-likeness (QED) is 0.446. The third kappa shape index (κ3) is 5.14. The summed E-state index contributed by atoms with van der Waals surface area (Å²) < 4.78 is 11.9. The van der Waals surface area contributed by atoms with Crippen molar-refractivity contribution in [2.45, 2.75) is 6.54 Å². The Labute approximate surface area is 198 Å². The summed E-state index contributed by atoms with van der Waals surface area (Å²) in [4.78, 5) is 17.5. The van der Waals surface area contributed by atoms with Gasteiger partial charge >= 0.3 is 0 Å². The molecule has 0 atom stereocenters. The summed E-state index contributed by atoms with van der Waals surface area (Å²) in [6.45, 7) is 6.32. The standard InChI is InChI=1S/C28H28N2O4/c31-24-17-23(18-27-28(24)25(32)19-26(34-27)22-9-5-2-6-10-22)33-16-15-29-11-13-30(14-12-29)20-21-7-3-1-4-8-21/h1-10,17-19,31H,11-16,20H2. The topological polar surface area (TPSA) is 66.2 Å². The van der Waals surface area contributed by atoms with E-state index in [0.29, 0.717) is 23.7 Å².